The van der Waals surface area contributed by atoms with Crippen LogP contribution in [0, 0.1) is 5.41 Å². The number of nitrogens with zero attached hydrogens (tertiary/aromatic N) is 3. The van der Waals surface area contributed by atoms with Crippen LogP contribution in [0.4, 0.5) is 0 Å². The lowest BCUT2D eigenvalue weighted by molar-refractivity contribution is -0.219. The van der Waals surface area contributed by atoms with Crippen molar-refractivity contribution in [1.82, 2.24) is 15.0 Å². The molecule has 122 valence electrons. The Kier molecular flexibility index (Phi) is 3.30. The number of ether oxygens (including phenoxy) is 3. The predicted molar refractivity (Wildman–Crippen MR) is 75.9 cm³/mol. The first kappa shape index (κ1) is 14.6. The van der Waals surface area contributed by atoms with Gasteiger partial charge in [0.25, 0.3) is 0 Å². The Labute approximate surface area is 129 Å². The quantitative estimate of drug-likeness (QED) is 0.890. The maximum Gasteiger partial charge on any atom is 0.192 e. The van der Waals surface area contributed by atoms with Crippen LogP contribution in [0.2, 0.25) is 0 Å². The molecule has 0 saturated carbocycles. The second-order valence-electron chi connectivity index (χ2n) is 7.51. The van der Waals surface area contributed by atoms with Gasteiger partial charge in [0, 0.05) is 0 Å². The smallest absolute Gasteiger partial charge is 0.192 e. The molecule has 0 spiro atoms. The summed E-state index contributed by atoms with van der Waals surface area (Å²) in [5.41, 5.74) is -0.452. The van der Waals surface area contributed by atoms with Crippen molar-refractivity contribution in [2.24, 2.45) is 5.41 Å². The zero-order valence-corrected chi connectivity index (χ0v) is 13.1. The molecule has 1 N–H and O–H groups in total. The normalized spacial score (nSPS) is 40.2. The van der Waals surface area contributed by atoms with Crippen LogP contribution in [0.1, 0.15) is 38.8 Å². The van der Waals surface area contributed by atoms with Gasteiger partial charge in [-0.05, 0) is 24.7 Å². The summed E-state index contributed by atoms with van der Waals surface area (Å²) in [7, 11) is 0. The van der Waals surface area contributed by atoms with Crippen molar-refractivity contribution in [1.29, 1.82) is 0 Å². The molecule has 4 heterocycles. The topological polar surface area (TPSA) is 78.6 Å². The molecule has 2 bridgehead atoms. The Balaban J connectivity index is 1.47. The summed E-state index contributed by atoms with van der Waals surface area (Å²) in [6, 6.07) is 0. The molecule has 0 aromatic carbocycles. The lowest BCUT2D eigenvalue weighted by Crippen LogP contribution is -2.44. The first-order valence-corrected chi connectivity index (χ1v) is 7.96. The SMILES string of the molecule is CC1(C)COC(Cn2cc(C3(O)CC[C@H]4CO[C@@H]3O4)nn2)C1. The molecule has 0 aliphatic carbocycles. The summed E-state index contributed by atoms with van der Waals surface area (Å²) >= 11 is 0. The lowest BCUT2D eigenvalue weighted by Gasteiger charge is -2.34. The van der Waals surface area contributed by atoms with Crippen LogP contribution in [-0.2, 0) is 26.4 Å². The summed E-state index contributed by atoms with van der Waals surface area (Å²) in [6.07, 6.45) is 3.79. The number of aromatic nitrogens is 3. The largest absolute Gasteiger partial charge is 0.378 e. The molecule has 1 aromatic heterocycles. The van der Waals surface area contributed by atoms with E-state index in [0.29, 0.717) is 25.3 Å². The molecule has 2 unspecified atom stereocenters. The van der Waals surface area contributed by atoms with Crippen LogP contribution in [-0.4, -0.2) is 51.8 Å². The van der Waals surface area contributed by atoms with E-state index in [1.54, 1.807) is 10.9 Å². The third-order valence-electron chi connectivity index (χ3n) is 4.85. The van der Waals surface area contributed by atoms with Gasteiger partial charge in [0.1, 0.15) is 5.69 Å². The average Bonchev–Trinajstić information content (AvgIpc) is 3.16. The molecule has 7 heteroatoms. The molecule has 1 aromatic rings. The van der Waals surface area contributed by atoms with E-state index in [1.165, 1.54) is 0 Å². The van der Waals surface area contributed by atoms with E-state index in [9.17, 15) is 5.11 Å². The highest BCUT2D eigenvalue weighted by molar-refractivity contribution is 5.11. The van der Waals surface area contributed by atoms with Gasteiger partial charge >= 0.3 is 0 Å². The summed E-state index contributed by atoms with van der Waals surface area (Å²) in [4.78, 5) is 0. The molecule has 3 fully saturated rings. The number of aliphatic hydroxyl groups is 1. The van der Waals surface area contributed by atoms with Gasteiger partial charge in [-0.1, -0.05) is 19.1 Å². The fourth-order valence-electron chi connectivity index (χ4n) is 3.59. The van der Waals surface area contributed by atoms with Gasteiger partial charge in [-0.15, -0.1) is 5.10 Å². The Hall–Kier alpha value is -1.02. The Morgan fingerprint density at radius 2 is 2.27 bits per heavy atom. The first-order chi connectivity index (χ1) is 10.4. The van der Waals surface area contributed by atoms with Crippen LogP contribution in [0.25, 0.3) is 0 Å². The molecule has 4 atom stereocenters. The highest BCUT2D eigenvalue weighted by Gasteiger charge is 2.51. The van der Waals surface area contributed by atoms with Crippen molar-refractivity contribution in [3.63, 3.8) is 0 Å². The molecular formula is C15H23N3O4. The standard InChI is InChI=1S/C15H23N3O4/c1-14(2)5-11(21-9-14)6-18-7-12(16-17-18)15(19)4-3-10-8-20-13(15)22-10/h7,10-11,13,19H,3-6,8-9H2,1-2H3/t10-,11?,13+,15?/m0/s1. The van der Waals surface area contributed by atoms with Crippen molar-refractivity contribution >= 4 is 0 Å². The van der Waals surface area contributed by atoms with Crippen LogP contribution in [0.3, 0.4) is 0 Å². The second-order valence-corrected chi connectivity index (χ2v) is 7.51. The third kappa shape index (κ3) is 2.46. The van der Waals surface area contributed by atoms with Gasteiger partial charge in [-0.3, -0.25) is 0 Å². The van der Waals surface area contributed by atoms with Crippen LogP contribution in [0.5, 0.6) is 0 Å². The van der Waals surface area contributed by atoms with Gasteiger partial charge in [0.2, 0.25) is 0 Å². The molecule has 3 aliphatic rings. The zero-order valence-electron chi connectivity index (χ0n) is 13.1. The molecule has 3 aliphatic heterocycles. The maximum absolute atomic E-state index is 10.9. The lowest BCUT2D eigenvalue weighted by atomic mass is 9.90. The summed E-state index contributed by atoms with van der Waals surface area (Å²) in [5.74, 6) is 0. The van der Waals surface area contributed by atoms with E-state index < -0.39 is 11.9 Å². The Morgan fingerprint density at radius 1 is 1.41 bits per heavy atom. The predicted octanol–water partition coefficient (Wildman–Crippen LogP) is 0.816. The molecular weight excluding hydrogens is 286 g/mol. The molecule has 0 amide bonds. The number of hydrogen-bond donors (Lipinski definition) is 1. The summed E-state index contributed by atoms with van der Waals surface area (Å²) in [6.45, 7) is 6.38. The fourth-order valence-corrected chi connectivity index (χ4v) is 3.59. The summed E-state index contributed by atoms with van der Waals surface area (Å²) in [5, 5.41) is 19.2. The van der Waals surface area contributed by atoms with E-state index in [4.69, 9.17) is 14.2 Å². The van der Waals surface area contributed by atoms with Gasteiger partial charge in [0.05, 0.1) is 38.2 Å². The van der Waals surface area contributed by atoms with E-state index >= 15 is 0 Å². The molecule has 7 nitrogen and oxygen atoms in total. The van der Waals surface area contributed by atoms with Gasteiger partial charge < -0.3 is 19.3 Å². The second kappa shape index (κ2) is 4.99. The molecule has 3 saturated heterocycles. The first-order valence-electron chi connectivity index (χ1n) is 7.96. The summed E-state index contributed by atoms with van der Waals surface area (Å²) < 4.78 is 18.8. The monoisotopic (exact) mass is 309 g/mol. The van der Waals surface area contributed by atoms with E-state index in [1.807, 2.05) is 0 Å². The van der Waals surface area contributed by atoms with Crippen LogP contribution < -0.4 is 0 Å². The minimum Gasteiger partial charge on any atom is -0.378 e. The van der Waals surface area contributed by atoms with E-state index in [2.05, 4.69) is 24.2 Å². The number of rotatable bonds is 3. The average molecular weight is 309 g/mol. The minimum atomic E-state index is -1.19. The highest BCUT2D eigenvalue weighted by atomic mass is 16.7. The van der Waals surface area contributed by atoms with Crippen molar-refractivity contribution in [3.05, 3.63) is 11.9 Å². The molecule has 4 rings (SSSR count). The minimum absolute atomic E-state index is 0.106. The van der Waals surface area contributed by atoms with E-state index in [0.717, 1.165) is 19.4 Å². The van der Waals surface area contributed by atoms with Gasteiger partial charge in [0.15, 0.2) is 11.9 Å². The third-order valence-corrected chi connectivity index (χ3v) is 4.85. The van der Waals surface area contributed by atoms with Gasteiger partial charge in [-0.2, -0.15) is 0 Å². The van der Waals surface area contributed by atoms with E-state index in [-0.39, 0.29) is 17.6 Å². The Bertz CT molecular complexity index is 561. The number of fused-ring (bicyclic) bond motifs is 2. The van der Waals surface area contributed by atoms with Crippen molar-refractivity contribution in [2.45, 2.75) is 63.8 Å². The van der Waals surface area contributed by atoms with Gasteiger partial charge in [-0.25, -0.2) is 4.68 Å². The zero-order chi connectivity index (χ0) is 15.4. The maximum atomic E-state index is 10.9. The fraction of sp³-hybridized carbons (Fsp3) is 0.867. The highest BCUT2D eigenvalue weighted by Crippen LogP contribution is 2.41. The van der Waals surface area contributed by atoms with Crippen molar-refractivity contribution in [3.8, 4) is 0 Å². The number of hydrogen-bond acceptors (Lipinski definition) is 6. The Morgan fingerprint density at radius 3 is 3.05 bits per heavy atom. The van der Waals surface area contributed by atoms with Crippen LogP contribution in [0.15, 0.2) is 6.20 Å². The molecule has 0 radical (unpaired) electrons. The molecule has 22 heavy (non-hydrogen) atoms. The van der Waals surface area contributed by atoms with Crippen molar-refractivity contribution < 1.29 is 19.3 Å². The van der Waals surface area contributed by atoms with Crippen molar-refractivity contribution in [2.75, 3.05) is 13.2 Å². The van der Waals surface area contributed by atoms with Crippen LogP contribution >= 0.6 is 0 Å².